The van der Waals surface area contributed by atoms with Crippen LogP contribution in [0.2, 0.25) is 0 Å². The Labute approximate surface area is 181 Å². The third kappa shape index (κ3) is 3.86. The van der Waals surface area contributed by atoms with E-state index in [2.05, 4.69) is 11.4 Å². The highest BCUT2D eigenvalue weighted by atomic mass is 32.2. The Bertz CT molecular complexity index is 970. The van der Waals surface area contributed by atoms with Gasteiger partial charge in [0.05, 0.1) is 17.7 Å². The van der Waals surface area contributed by atoms with Crippen molar-refractivity contribution in [3.8, 4) is 5.75 Å². The summed E-state index contributed by atoms with van der Waals surface area (Å²) in [5.41, 5.74) is 3.93. The van der Waals surface area contributed by atoms with Gasteiger partial charge < -0.3 is 15.0 Å². The predicted octanol–water partition coefficient (Wildman–Crippen LogP) is 4.42. The molecule has 0 atom stereocenters. The minimum absolute atomic E-state index is 0.0842. The number of amides is 3. The van der Waals surface area contributed by atoms with E-state index in [-0.39, 0.29) is 16.8 Å². The van der Waals surface area contributed by atoms with E-state index in [1.165, 1.54) is 5.56 Å². The van der Waals surface area contributed by atoms with E-state index in [0.29, 0.717) is 18.8 Å². The fraction of sp³-hybridized carbons (Fsp3) is 0.391. The Kier molecular flexibility index (Phi) is 5.64. The molecule has 4 rings (SSSR count). The lowest BCUT2D eigenvalue weighted by molar-refractivity contribution is -0.116. The third-order valence-electron chi connectivity index (χ3n) is 5.89. The Balaban J connectivity index is 1.47. The summed E-state index contributed by atoms with van der Waals surface area (Å²) in [6, 6.07) is 13.6. The first-order valence-corrected chi connectivity index (χ1v) is 11.1. The van der Waals surface area contributed by atoms with Crippen molar-refractivity contribution in [1.29, 1.82) is 0 Å². The smallest absolute Gasteiger partial charge is 0.321 e. The zero-order valence-electron chi connectivity index (χ0n) is 17.6. The van der Waals surface area contributed by atoms with Gasteiger partial charge in [-0.25, -0.2) is 4.79 Å². The molecule has 1 spiro atoms. The summed E-state index contributed by atoms with van der Waals surface area (Å²) >= 11 is 1.69. The molecule has 0 bridgehead atoms. The number of nitrogens with zero attached hydrogens (tertiary/aromatic N) is 2. The van der Waals surface area contributed by atoms with Crippen LogP contribution in [0.15, 0.2) is 42.5 Å². The molecule has 7 heteroatoms. The van der Waals surface area contributed by atoms with Crippen LogP contribution in [-0.2, 0) is 4.79 Å². The quantitative estimate of drug-likeness (QED) is 0.791. The number of hydrogen-bond donors (Lipinski definition) is 1. The maximum absolute atomic E-state index is 12.8. The number of likely N-dealkylation sites (tertiary alicyclic amines) is 1. The first-order chi connectivity index (χ1) is 14.4. The molecule has 0 radical (unpaired) electrons. The van der Waals surface area contributed by atoms with Crippen molar-refractivity contribution in [3.05, 3.63) is 53.6 Å². The minimum atomic E-state index is -0.306. The number of ether oxygens (including phenoxy) is 1. The lowest BCUT2D eigenvalue weighted by Crippen LogP contribution is -2.53. The Morgan fingerprint density at radius 2 is 1.90 bits per heavy atom. The molecule has 0 saturated carbocycles. The second kappa shape index (κ2) is 8.22. The van der Waals surface area contributed by atoms with Gasteiger partial charge in [0, 0.05) is 30.5 Å². The lowest BCUT2D eigenvalue weighted by Gasteiger charge is -2.44. The molecule has 3 amide bonds. The number of aryl methyl sites for hydroxylation is 2. The molecule has 2 aromatic rings. The van der Waals surface area contributed by atoms with E-state index < -0.39 is 0 Å². The first-order valence-electron chi connectivity index (χ1n) is 10.2. The number of piperidine rings is 1. The van der Waals surface area contributed by atoms with E-state index in [1.54, 1.807) is 18.9 Å². The highest BCUT2D eigenvalue weighted by Crippen LogP contribution is 2.47. The maximum Gasteiger partial charge on any atom is 0.321 e. The molecule has 158 valence electrons. The molecular formula is C23H27N3O3S. The average molecular weight is 426 g/mol. The highest BCUT2D eigenvalue weighted by Gasteiger charge is 2.49. The summed E-state index contributed by atoms with van der Waals surface area (Å²) in [5.74, 6) is 1.31. The van der Waals surface area contributed by atoms with Crippen molar-refractivity contribution in [2.24, 2.45) is 0 Å². The largest absolute Gasteiger partial charge is 0.497 e. The molecule has 2 aliphatic rings. The van der Waals surface area contributed by atoms with Gasteiger partial charge in [-0.05, 0) is 50.5 Å². The van der Waals surface area contributed by atoms with Crippen LogP contribution in [-0.4, -0.2) is 47.7 Å². The van der Waals surface area contributed by atoms with Crippen molar-refractivity contribution in [2.75, 3.05) is 36.2 Å². The van der Waals surface area contributed by atoms with E-state index in [9.17, 15) is 9.59 Å². The topological polar surface area (TPSA) is 61.9 Å². The van der Waals surface area contributed by atoms with Crippen molar-refractivity contribution >= 4 is 35.1 Å². The Morgan fingerprint density at radius 1 is 1.13 bits per heavy atom. The summed E-state index contributed by atoms with van der Waals surface area (Å²) in [6.45, 7) is 5.26. The van der Waals surface area contributed by atoms with Crippen LogP contribution in [0.25, 0.3) is 0 Å². The van der Waals surface area contributed by atoms with Crippen LogP contribution < -0.4 is 15.0 Å². The number of thioether (sulfide) groups is 1. The monoisotopic (exact) mass is 425 g/mol. The molecule has 1 N–H and O–H groups in total. The minimum Gasteiger partial charge on any atom is -0.497 e. The average Bonchev–Trinajstić information content (AvgIpc) is 3.06. The lowest BCUT2D eigenvalue weighted by atomic mass is 10.0. The first kappa shape index (κ1) is 20.6. The highest BCUT2D eigenvalue weighted by molar-refractivity contribution is 8.02. The molecule has 0 aliphatic carbocycles. The zero-order chi connectivity index (χ0) is 21.3. The van der Waals surface area contributed by atoms with Crippen molar-refractivity contribution in [3.63, 3.8) is 0 Å². The summed E-state index contributed by atoms with van der Waals surface area (Å²) in [4.78, 5) is 29.0. The van der Waals surface area contributed by atoms with Gasteiger partial charge in [-0.15, -0.1) is 11.8 Å². The van der Waals surface area contributed by atoms with Crippen LogP contribution in [0.3, 0.4) is 0 Å². The summed E-state index contributed by atoms with van der Waals surface area (Å²) < 4.78 is 5.34. The molecular weight excluding hydrogens is 398 g/mol. The van der Waals surface area contributed by atoms with Crippen molar-refractivity contribution in [1.82, 2.24) is 4.90 Å². The fourth-order valence-corrected chi connectivity index (χ4v) is 5.59. The van der Waals surface area contributed by atoms with Crippen LogP contribution >= 0.6 is 11.8 Å². The fourth-order valence-electron chi connectivity index (χ4n) is 4.26. The van der Waals surface area contributed by atoms with E-state index in [1.807, 2.05) is 60.0 Å². The van der Waals surface area contributed by atoms with Crippen LogP contribution in [0.4, 0.5) is 16.2 Å². The SMILES string of the molecule is COc1cccc(N2C(=O)CSC23CCN(C(=O)Nc2ccc(C)cc2C)CC3)c1. The standard InChI is InChI=1S/C23H27N3O3S/c1-16-7-8-20(17(2)13-16)24-22(28)25-11-9-23(10-12-25)26(21(27)15-30-23)18-5-4-6-19(14-18)29-3/h4-8,13-14H,9-12,15H2,1-3H3,(H,24,28). The van der Waals surface area contributed by atoms with Crippen LogP contribution in [0.5, 0.6) is 5.75 Å². The van der Waals surface area contributed by atoms with Gasteiger partial charge in [-0.3, -0.25) is 9.69 Å². The van der Waals surface area contributed by atoms with Gasteiger partial charge in [-0.1, -0.05) is 23.8 Å². The molecule has 30 heavy (non-hydrogen) atoms. The van der Waals surface area contributed by atoms with Gasteiger partial charge >= 0.3 is 6.03 Å². The van der Waals surface area contributed by atoms with Crippen LogP contribution in [0, 0.1) is 13.8 Å². The number of anilines is 2. The molecule has 2 heterocycles. The summed E-state index contributed by atoms with van der Waals surface area (Å²) in [6.07, 6.45) is 1.47. The van der Waals surface area contributed by atoms with Gasteiger partial charge in [0.1, 0.15) is 5.75 Å². The number of nitrogens with one attached hydrogen (secondary N) is 1. The van der Waals surface area contributed by atoms with Gasteiger partial charge in [0.2, 0.25) is 5.91 Å². The van der Waals surface area contributed by atoms with Gasteiger partial charge in [0.25, 0.3) is 0 Å². The molecule has 6 nitrogen and oxygen atoms in total. The zero-order valence-corrected chi connectivity index (χ0v) is 18.4. The molecule has 2 aromatic carbocycles. The van der Waals surface area contributed by atoms with E-state index in [4.69, 9.17) is 4.74 Å². The number of benzene rings is 2. The Morgan fingerprint density at radius 3 is 2.60 bits per heavy atom. The summed E-state index contributed by atoms with van der Waals surface area (Å²) in [7, 11) is 1.63. The second-order valence-corrected chi connectivity index (χ2v) is 9.24. The van der Waals surface area contributed by atoms with Crippen LogP contribution in [0.1, 0.15) is 24.0 Å². The number of methoxy groups -OCH3 is 1. The molecule has 2 saturated heterocycles. The Hall–Kier alpha value is -2.67. The van der Waals surface area contributed by atoms with Gasteiger partial charge in [0.15, 0.2) is 0 Å². The van der Waals surface area contributed by atoms with Gasteiger partial charge in [-0.2, -0.15) is 0 Å². The van der Waals surface area contributed by atoms with E-state index in [0.717, 1.165) is 35.5 Å². The molecule has 2 fully saturated rings. The number of carbonyl (C=O) groups excluding carboxylic acids is 2. The molecule has 2 aliphatic heterocycles. The van der Waals surface area contributed by atoms with Crippen molar-refractivity contribution in [2.45, 2.75) is 31.6 Å². The molecule has 0 unspecified atom stereocenters. The number of carbonyl (C=O) groups is 2. The van der Waals surface area contributed by atoms with E-state index >= 15 is 0 Å². The van der Waals surface area contributed by atoms with Crippen molar-refractivity contribution < 1.29 is 14.3 Å². The number of hydrogen-bond acceptors (Lipinski definition) is 4. The molecule has 0 aromatic heterocycles. The third-order valence-corrected chi connectivity index (χ3v) is 7.41. The predicted molar refractivity (Wildman–Crippen MR) is 121 cm³/mol. The second-order valence-electron chi connectivity index (χ2n) is 7.90. The number of rotatable bonds is 3. The summed E-state index contributed by atoms with van der Waals surface area (Å²) in [5, 5.41) is 3.04. The number of urea groups is 1. The normalized spacial score (nSPS) is 18.0. The maximum atomic E-state index is 12.8.